The summed E-state index contributed by atoms with van der Waals surface area (Å²) in [7, 11) is 0. The van der Waals surface area contributed by atoms with Crippen molar-refractivity contribution >= 4 is 17.5 Å². The zero-order valence-corrected chi connectivity index (χ0v) is 14.5. The van der Waals surface area contributed by atoms with E-state index < -0.39 is 5.82 Å². The summed E-state index contributed by atoms with van der Waals surface area (Å²) in [6, 6.07) is 13.0. The van der Waals surface area contributed by atoms with E-state index in [0.29, 0.717) is 18.7 Å². The lowest BCUT2D eigenvalue weighted by atomic mass is 9.97. The van der Waals surface area contributed by atoms with Crippen molar-refractivity contribution in [3.8, 4) is 0 Å². The van der Waals surface area contributed by atoms with E-state index in [4.69, 9.17) is 4.74 Å². The van der Waals surface area contributed by atoms with E-state index in [1.54, 1.807) is 12.1 Å². The average Bonchev–Trinajstić information content (AvgIpc) is 2.61. The number of carbonyl (C=O) groups excluding carboxylic acids is 2. The molecule has 2 N–H and O–H groups in total. The van der Waals surface area contributed by atoms with Gasteiger partial charge in [-0.2, -0.15) is 0 Å². The Morgan fingerprint density at radius 2 is 1.96 bits per heavy atom. The Labute approximate surface area is 151 Å². The number of hydrogen-bond donors (Lipinski definition) is 2. The monoisotopic (exact) mass is 356 g/mol. The number of rotatable bonds is 4. The molecule has 1 saturated heterocycles. The molecule has 1 heterocycles. The number of hydrogen-bond acceptors (Lipinski definition) is 3. The van der Waals surface area contributed by atoms with E-state index in [-0.39, 0.29) is 29.5 Å². The van der Waals surface area contributed by atoms with Crippen LogP contribution in [-0.4, -0.2) is 24.5 Å². The highest BCUT2D eigenvalue weighted by Gasteiger charge is 2.24. The van der Waals surface area contributed by atoms with Crippen molar-refractivity contribution in [1.82, 2.24) is 5.32 Å². The van der Waals surface area contributed by atoms with Crippen LogP contribution in [0.2, 0.25) is 0 Å². The third-order valence-electron chi connectivity index (χ3n) is 4.29. The Hall–Kier alpha value is -2.73. The molecule has 2 amide bonds. The number of benzene rings is 2. The first-order chi connectivity index (χ1) is 12.5. The minimum absolute atomic E-state index is 0.0493. The van der Waals surface area contributed by atoms with Crippen LogP contribution in [-0.2, 0) is 9.53 Å². The summed E-state index contributed by atoms with van der Waals surface area (Å²) >= 11 is 0. The highest BCUT2D eigenvalue weighted by Crippen LogP contribution is 2.29. The van der Waals surface area contributed by atoms with Gasteiger partial charge in [0.05, 0.1) is 6.10 Å². The average molecular weight is 356 g/mol. The molecule has 1 fully saturated rings. The van der Waals surface area contributed by atoms with Crippen LogP contribution >= 0.6 is 0 Å². The van der Waals surface area contributed by atoms with E-state index in [1.165, 1.54) is 25.1 Å². The van der Waals surface area contributed by atoms with Gasteiger partial charge >= 0.3 is 0 Å². The maximum atomic E-state index is 13.3. The Bertz CT molecular complexity index is 809. The van der Waals surface area contributed by atoms with Crippen molar-refractivity contribution in [1.29, 1.82) is 0 Å². The molecule has 0 radical (unpaired) electrons. The normalized spacial score (nSPS) is 19.6. The predicted molar refractivity (Wildman–Crippen MR) is 96.3 cm³/mol. The van der Waals surface area contributed by atoms with Crippen LogP contribution in [0.25, 0.3) is 0 Å². The molecular weight excluding hydrogens is 335 g/mol. The van der Waals surface area contributed by atoms with Crippen molar-refractivity contribution in [3.63, 3.8) is 0 Å². The first-order valence-corrected chi connectivity index (χ1v) is 8.57. The van der Waals surface area contributed by atoms with Gasteiger partial charge < -0.3 is 15.4 Å². The standard InChI is InChI=1S/C20H21FN2O3/c1-13(24)22-18-8-9-26-19(12-18)14-4-3-7-17(11-14)23-20(25)15-5-2-6-16(21)10-15/h2-7,10-11,18-19H,8-9,12H2,1H3,(H,22,24)(H,23,25)/t18-,19+/m0/s1. The maximum absolute atomic E-state index is 13.3. The summed E-state index contributed by atoms with van der Waals surface area (Å²) in [6.45, 7) is 2.07. The quantitative estimate of drug-likeness (QED) is 0.882. The molecule has 136 valence electrons. The summed E-state index contributed by atoms with van der Waals surface area (Å²) < 4.78 is 19.1. The molecule has 0 bridgehead atoms. The molecule has 0 saturated carbocycles. The van der Waals surface area contributed by atoms with Gasteiger partial charge in [-0.3, -0.25) is 9.59 Å². The zero-order valence-electron chi connectivity index (χ0n) is 14.5. The topological polar surface area (TPSA) is 67.4 Å². The number of anilines is 1. The number of halogens is 1. The third-order valence-corrected chi connectivity index (χ3v) is 4.29. The Morgan fingerprint density at radius 1 is 1.15 bits per heavy atom. The molecule has 3 rings (SSSR count). The Morgan fingerprint density at radius 3 is 2.73 bits per heavy atom. The fourth-order valence-electron chi connectivity index (χ4n) is 3.10. The van der Waals surface area contributed by atoms with E-state index in [2.05, 4.69) is 10.6 Å². The van der Waals surface area contributed by atoms with Crippen molar-refractivity contribution in [3.05, 3.63) is 65.5 Å². The van der Waals surface area contributed by atoms with Gasteiger partial charge in [-0.25, -0.2) is 4.39 Å². The Kier molecular flexibility index (Phi) is 5.63. The van der Waals surface area contributed by atoms with Crippen LogP contribution in [0.3, 0.4) is 0 Å². The molecule has 0 spiro atoms. The van der Waals surface area contributed by atoms with Gasteiger partial charge in [0.2, 0.25) is 5.91 Å². The Balaban J connectivity index is 1.70. The van der Waals surface area contributed by atoms with Crippen molar-refractivity contribution in [2.24, 2.45) is 0 Å². The van der Waals surface area contributed by atoms with Crippen molar-refractivity contribution < 1.29 is 18.7 Å². The second-order valence-corrected chi connectivity index (χ2v) is 6.37. The molecule has 5 nitrogen and oxygen atoms in total. The molecule has 0 aliphatic carbocycles. The fourth-order valence-corrected chi connectivity index (χ4v) is 3.10. The molecule has 1 aliphatic rings. The first kappa shape index (κ1) is 18.1. The molecule has 2 aromatic rings. The lowest BCUT2D eigenvalue weighted by molar-refractivity contribution is -0.120. The van der Waals surface area contributed by atoms with Crippen LogP contribution in [0.5, 0.6) is 0 Å². The van der Waals surface area contributed by atoms with E-state index in [0.717, 1.165) is 12.0 Å². The summed E-state index contributed by atoms with van der Waals surface area (Å²) in [6.07, 6.45) is 1.32. The minimum atomic E-state index is -0.453. The lowest BCUT2D eigenvalue weighted by Crippen LogP contribution is -2.38. The summed E-state index contributed by atoms with van der Waals surface area (Å²) in [5, 5.41) is 5.71. The van der Waals surface area contributed by atoms with Gasteiger partial charge in [-0.15, -0.1) is 0 Å². The van der Waals surface area contributed by atoms with Gasteiger partial charge in [0.15, 0.2) is 0 Å². The fraction of sp³-hybridized carbons (Fsp3) is 0.300. The highest BCUT2D eigenvalue weighted by atomic mass is 19.1. The first-order valence-electron chi connectivity index (χ1n) is 8.57. The van der Waals surface area contributed by atoms with Crippen LogP contribution in [0.1, 0.15) is 41.8 Å². The molecule has 6 heteroatoms. The van der Waals surface area contributed by atoms with Crippen LogP contribution in [0, 0.1) is 5.82 Å². The second kappa shape index (κ2) is 8.10. The number of ether oxygens (including phenoxy) is 1. The van der Waals surface area contributed by atoms with Gasteiger partial charge in [-0.1, -0.05) is 18.2 Å². The van der Waals surface area contributed by atoms with Gasteiger partial charge in [0.25, 0.3) is 5.91 Å². The minimum Gasteiger partial charge on any atom is -0.373 e. The lowest BCUT2D eigenvalue weighted by Gasteiger charge is -2.30. The number of carbonyl (C=O) groups is 2. The molecule has 0 aromatic heterocycles. The molecular formula is C20H21FN2O3. The van der Waals surface area contributed by atoms with Crippen molar-refractivity contribution in [2.75, 3.05) is 11.9 Å². The maximum Gasteiger partial charge on any atom is 0.255 e. The number of nitrogens with one attached hydrogen (secondary N) is 2. The number of amides is 2. The van der Waals surface area contributed by atoms with E-state index in [1.807, 2.05) is 18.2 Å². The van der Waals surface area contributed by atoms with Crippen molar-refractivity contribution in [2.45, 2.75) is 31.9 Å². The zero-order chi connectivity index (χ0) is 18.5. The van der Waals surface area contributed by atoms with Crippen LogP contribution in [0.15, 0.2) is 48.5 Å². The summed E-state index contributed by atoms with van der Waals surface area (Å²) in [5.74, 6) is -0.875. The molecule has 26 heavy (non-hydrogen) atoms. The van der Waals surface area contributed by atoms with E-state index >= 15 is 0 Å². The third kappa shape index (κ3) is 4.67. The predicted octanol–water partition coefficient (Wildman–Crippen LogP) is 3.43. The summed E-state index contributed by atoms with van der Waals surface area (Å²) in [4.78, 5) is 23.5. The largest absolute Gasteiger partial charge is 0.373 e. The van der Waals surface area contributed by atoms with E-state index in [9.17, 15) is 14.0 Å². The highest BCUT2D eigenvalue weighted by molar-refractivity contribution is 6.04. The van der Waals surface area contributed by atoms with Gasteiger partial charge in [0.1, 0.15) is 5.82 Å². The molecule has 1 aliphatic heterocycles. The second-order valence-electron chi connectivity index (χ2n) is 6.37. The molecule has 2 aromatic carbocycles. The molecule has 2 atom stereocenters. The van der Waals surface area contributed by atoms with Crippen LogP contribution in [0.4, 0.5) is 10.1 Å². The van der Waals surface area contributed by atoms with Crippen LogP contribution < -0.4 is 10.6 Å². The summed E-state index contributed by atoms with van der Waals surface area (Å²) in [5.41, 5.74) is 1.80. The smallest absolute Gasteiger partial charge is 0.255 e. The van der Waals surface area contributed by atoms with Gasteiger partial charge in [-0.05, 0) is 48.7 Å². The van der Waals surface area contributed by atoms with Gasteiger partial charge in [0, 0.05) is 30.8 Å². The SMILES string of the molecule is CC(=O)N[C@H]1CCO[C@@H](c2cccc(NC(=O)c3cccc(F)c3)c2)C1. The molecule has 0 unspecified atom stereocenters.